The van der Waals surface area contributed by atoms with Crippen LogP contribution in [0.15, 0.2) is 34.8 Å². The number of hydrogen-bond acceptors (Lipinski definition) is 1. The van der Waals surface area contributed by atoms with Crippen molar-refractivity contribution in [2.75, 3.05) is 5.32 Å². The zero-order valence-electron chi connectivity index (χ0n) is 10.3. The Morgan fingerprint density at radius 3 is 2.65 bits per heavy atom. The molecule has 2 aromatic carbocycles. The van der Waals surface area contributed by atoms with Gasteiger partial charge in [0.15, 0.2) is 0 Å². The summed E-state index contributed by atoms with van der Waals surface area (Å²) in [6.07, 6.45) is 0. The smallest absolute Gasteiger partial charge is 0.257 e. The van der Waals surface area contributed by atoms with Gasteiger partial charge in [0.05, 0.1) is 16.3 Å². The van der Waals surface area contributed by atoms with Gasteiger partial charge >= 0.3 is 0 Å². The Kier molecular flexibility index (Phi) is 4.40. The number of aryl methyl sites for hydroxylation is 1. The first-order valence-corrected chi connectivity index (χ1v) is 6.78. The molecule has 6 heteroatoms. The van der Waals surface area contributed by atoms with Gasteiger partial charge in [-0.05, 0) is 46.6 Å². The van der Waals surface area contributed by atoms with Gasteiger partial charge in [0.2, 0.25) is 0 Å². The van der Waals surface area contributed by atoms with Gasteiger partial charge in [0.25, 0.3) is 5.91 Å². The van der Waals surface area contributed by atoms with Crippen molar-refractivity contribution in [2.45, 2.75) is 6.92 Å². The van der Waals surface area contributed by atoms with Crippen molar-refractivity contribution < 1.29 is 13.6 Å². The van der Waals surface area contributed by atoms with Crippen LogP contribution in [0.1, 0.15) is 15.9 Å². The quantitative estimate of drug-likeness (QED) is 0.807. The molecule has 0 saturated carbocycles. The molecule has 2 nitrogen and oxygen atoms in total. The Balaban J connectivity index is 2.33. The Morgan fingerprint density at radius 1 is 1.25 bits per heavy atom. The SMILES string of the molecule is Cc1cc(F)c(NC(=O)c2cccc(Br)c2Cl)cc1F. The number of carbonyl (C=O) groups excluding carboxylic acids is 1. The van der Waals surface area contributed by atoms with E-state index in [2.05, 4.69) is 21.2 Å². The highest BCUT2D eigenvalue weighted by molar-refractivity contribution is 9.10. The van der Waals surface area contributed by atoms with E-state index in [1.54, 1.807) is 12.1 Å². The standard InChI is InChI=1S/C14H9BrClF2NO/c1-7-5-11(18)12(6-10(7)17)19-14(20)8-3-2-4-9(15)13(8)16/h2-6H,1H3,(H,19,20). The Hall–Kier alpha value is -1.46. The summed E-state index contributed by atoms with van der Waals surface area (Å²) >= 11 is 9.16. The van der Waals surface area contributed by atoms with Gasteiger partial charge in [0, 0.05) is 10.5 Å². The van der Waals surface area contributed by atoms with Crippen molar-refractivity contribution in [3.8, 4) is 0 Å². The highest BCUT2D eigenvalue weighted by Crippen LogP contribution is 2.27. The molecule has 1 amide bonds. The summed E-state index contributed by atoms with van der Waals surface area (Å²) in [6.45, 7) is 1.44. The largest absolute Gasteiger partial charge is 0.319 e. The maximum absolute atomic E-state index is 13.7. The molecule has 0 radical (unpaired) electrons. The lowest BCUT2D eigenvalue weighted by Gasteiger charge is -2.09. The maximum atomic E-state index is 13.7. The molecule has 2 aromatic rings. The molecule has 1 N–H and O–H groups in total. The molecule has 0 aliphatic carbocycles. The topological polar surface area (TPSA) is 29.1 Å². The second-order valence-corrected chi connectivity index (χ2v) is 5.37. The molecule has 0 aliphatic heterocycles. The second-order valence-electron chi connectivity index (χ2n) is 4.14. The molecule has 0 aliphatic rings. The van der Waals surface area contributed by atoms with Crippen LogP contribution in [0.3, 0.4) is 0 Å². The van der Waals surface area contributed by atoms with Crippen molar-refractivity contribution in [2.24, 2.45) is 0 Å². The van der Waals surface area contributed by atoms with Crippen LogP contribution < -0.4 is 5.32 Å². The van der Waals surface area contributed by atoms with Crippen LogP contribution in [-0.2, 0) is 0 Å². The number of halogens is 4. The van der Waals surface area contributed by atoms with Crippen LogP contribution in [0.25, 0.3) is 0 Å². The van der Waals surface area contributed by atoms with Gasteiger partial charge in [-0.1, -0.05) is 17.7 Å². The molecule has 104 valence electrons. The fraction of sp³-hybridized carbons (Fsp3) is 0.0714. The average molecular weight is 361 g/mol. The first kappa shape index (κ1) is 14.9. The summed E-state index contributed by atoms with van der Waals surface area (Å²) in [4.78, 5) is 12.0. The summed E-state index contributed by atoms with van der Waals surface area (Å²) in [6, 6.07) is 6.75. The van der Waals surface area contributed by atoms with E-state index in [0.717, 1.165) is 12.1 Å². The minimum Gasteiger partial charge on any atom is -0.319 e. The van der Waals surface area contributed by atoms with Crippen molar-refractivity contribution in [3.63, 3.8) is 0 Å². The van der Waals surface area contributed by atoms with E-state index in [0.29, 0.717) is 4.47 Å². The van der Waals surface area contributed by atoms with Crippen LogP contribution in [0, 0.1) is 18.6 Å². The van der Waals surface area contributed by atoms with E-state index in [1.807, 2.05) is 0 Å². The van der Waals surface area contributed by atoms with Crippen molar-refractivity contribution in [3.05, 3.63) is 62.6 Å². The Bertz CT molecular complexity index is 691. The van der Waals surface area contributed by atoms with Crippen LogP contribution in [-0.4, -0.2) is 5.91 Å². The third-order valence-corrected chi connectivity index (χ3v) is 3.99. The van der Waals surface area contributed by atoms with Gasteiger partial charge < -0.3 is 5.32 Å². The van der Waals surface area contributed by atoms with E-state index in [1.165, 1.54) is 13.0 Å². The van der Waals surface area contributed by atoms with E-state index < -0.39 is 17.5 Å². The molecule has 0 fully saturated rings. The van der Waals surface area contributed by atoms with E-state index in [4.69, 9.17) is 11.6 Å². The lowest BCUT2D eigenvalue weighted by molar-refractivity contribution is 0.102. The average Bonchev–Trinajstić information content (AvgIpc) is 2.39. The van der Waals surface area contributed by atoms with Gasteiger partial charge in [-0.2, -0.15) is 0 Å². The lowest BCUT2D eigenvalue weighted by atomic mass is 10.1. The fourth-order valence-electron chi connectivity index (χ4n) is 1.61. The number of rotatable bonds is 2. The third kappa shape index (κ3) is 2.99. The molecular weight excluding hydrogens is 352 g/mol. The number of amides is 1. The van der Waals surface area contributed by atoms with Crippen molar-refractivity contribution in [1.82, 2.24) is 0 Å². The highest BCUT2D eigenvalue weighted by Gasteiger charge is 2.15. The molecule has 0 spiro atoms. The van der Waals surface area contributed by atoms with E-state index in [-0.39, 0.29) is 21.8 Å². The van der Waals surface area contributed by atoms with Gasteiger partial charge in [-0.3, -0.25) is 4.79 Å². The Morgan fingerprint density at radius 2 is 1.95 bits per heavy atom. The minimum absolute atomic E-state index is 0.168. The highest BCUT2D eigenvalue weighted by atomic mass is 79.9. The monoisotopic (exact) mass is 359 g/mol. The molecule has 2 rings (SSSR count). The normalized spacial score (nSPS) is 10.4. The third-order valence-electron chi connectivity index (χ3n) is 2.69. The van der Waals surface area contributed by atoms with Gasteiger partial charge in [-0.15, -0.1) is 0 Å². The predicted octanol–water partition coefficient (Wildman–Crippen LogP) is 4.94. The number of nitrogens with one attached hydrogen (secondary N) is 1. The van der Waals surface area contributed by atoms with Gasteiger partial charge in [-0.25, -0.2) is 8.78 Å². The van der Waals surface area contributed by atoms with Crippen LogP contribution >= 0.6 is 27.5 Å². The fourth-order valence-corrected chi connectivity index (χ4v) is 2.19. The number of benzene rings is 2. The minimum atomic E-state index is -0.705. The second kappa shape index (κ2) is 5.89. The van der Waals surface area contributed by atoms with Crippen LogP contribution in [0.5, 0.6) is 0 Å². The number of carbonyl (C=O) groups is 1. The van der Waals surface area contributed by atoms with E-state index in [9.17, 15) is 13.6 Å². The zero-order valence-corrected chi connectivity index (χ0v) is 12.6. The first-order chi connectivity index (χ1) is 9.40. The zero-order chi connectivity index (χ0) is 14.9. The maximum Gasteiger partial charge on any atom is 0.257 e. The Labute approximate surface area is 127 Å². The molecular formula is C14H9BrClF2NO. The first-order valence-electron chi connectivity index (χ1n) is 5.61. The molecule has 0 aromatic heterocycles. The molecule has 0 atom stereocenters. The van der Waals surface area contributed by atoms with Crippen molar-refractivity contribution in [1.29, 1.82) is 0 Å². The summed E-state index contributed by atoms with van der Waals surface area (Å²) in [5, 5.41) is 2.51. The van der Waals surface area contributed by atoms with Crippen LogP contribution in [0.4, 0.5) is 14.5 Å². The number of anilines is 1. The molecule has 0 bridgehead atoms. The molecule has 0 heterocycles. The molecule has 0 unspecified atom stereocenters. The van der Waals surface area contributed by atoms with E-state index >= 15 is 0 Å². The van der Waals surface area contributed by atoms with Crippen molar-refractivity contribution >= 4 is 39.1 Å². The predicted molar refractivity (Wildman–Crippen MR) is 78.2 cm³/mol. The summed E-state index contributed by atoms with van der Waals surface area (Å²) in [5.41, 5.74) is 0.108. The summed E-state index contributed by atoms with van der Waals surface area (Å²) in [5.74, 6) is -1.91. The summed E-state index contributed by atoms with van der Waals surface area (Å²) < 4.78 is 27.6. The lowest BCUT2D eigenvalue weighted by Crippen LogP contribution is -2.14. The number of hydrogen-bond donors (Lipinski definition) is 1. The van der Waals surface area contributed by atoms with Crippen LogP contribution in [0.2, 0.25) is 5.02 Å². The summed E-state index contributed by atoms with van der Waals surface area (Å²) in [7, 11) is 0. The van der Waals surface area contributed by atoms with Gasteiger partial charge in [0.1, 0.15) is 11.6 Å². The molecule has 0 saturated heterocycles. The molecule has 20 heavy (non-hydrogen) atoms.